The highest BCUT2D eigenvalue weighted by atomic mass is 35.5. The highest BCUT2D eigenvalue weighted by Gasteiger charge is 2.21. The Morgan fingerprint density at radius 2 is 0.986 bits per heavy atom. The minimum Gasteiger partial charge on any atom is -0.348 e. The molecular formula is C53H52ClN13O2S3. The van der Waals surface area contributed by atoms with Crippen LogP contribution in [0.5, 0.6) is 0 Å². The molecule has 15 nitrogen and oxygen atoms in total. The summed E-state index contributed by atoms with van der Waals surface area (Å²) in [6.45, 7) is 15.3. The number of carbonyl (C=O) groups excluding carboxylic acids is 2. The fraction of sp³-hybridized carbons (Fsp3) is 0.208. The third-order valence-corrected chi connectivity index (χ3v) is 13.8. The molecule has 10 rings (SSSR count). The number of thiophene rings is 3. The van der Waals surface area contributed by atoms with Gasteiger partial charge in [0.25, 0.3) is 0 Å². The van der Waals surface area contributed by atoms with Gasteiger partial charge in [-0.1, -0.05) is 37.8 Å². The van der Waals surface area contributed by atoms with E-state index in [1.54, 1.807) is 54.7 Å². The highest BCUT2D eigenvalue weighted by Crippen LogP contribution is 2.30. The van der Waals surface area contributed by atoms with Crippen LogP contribution in [0.2, 0.25) is 5.28 Å². The topological polar surface area (TPSA) is 213 Å². The van der Waals surface area contributed by atoms with Gasteiger partial charge in [0.1, 0.15) is 11.4 Å². The number of pyridine rings is 4. The number of hydrogen-bond donors (Lipinski definition) is 3. The summed E-state index contributed by atoms with van der Waals surface area (Å²) in [6, 6.07) is 21.3. The molecule has 0 amide bonds. The van der Waals surface area contributed by atoms with E-state index in [4.69, 9.17) is 17.3 Å². The van der Waals surface area contributed by atoms with Crippen LogP contribution in [0, 0.1) is 0 Å². The van der Waals surface area contributed by atoms with Gasteiger partial charge in [-0.05, 0) is 132 Å². The zero-order chi connectivity index (χ0) is 51.1. The molecule has 0 aliphatic rings. The van der Waals surface area contributed by atoms with Crippen molar-refractivity contribution in [3.63, 3.8) is 0 Å². The van der Waals surface area contributed by atoms with Crippen LogP contribution in [0.15, 0.2) is 139 Å². The van der Waals surface area contributed by atoms with E-state index in [0.717, 1.165) is 64.2 Å². The number of Topliss-reactive ketones (excluding diaryl/α,β-unsaturated/α-hetero) is 2. The van der Waals surface area contributed by atoms with Crippen molar-refractivity contribution < 1.29 is 9.59 Å². The maximum absolute atomic E-state index is 13.1. The standard InChI is InChI=1S/C22H21N5OS.C15H14N4OS.C9H7ClN2S.C7H10N2/c1-14(16-5-3-8-23-12-16)11-19(28)20-21-18(7-10-29-21)26-22(27-20)25-15(2)17-6-4-9-24-13-17;1-9(11-4-3-6-16-8-11)17-15-18-12-5-7-21-14(12)13(19-15)10(2)20;1-5(2)7-8-6(3-4-13-8)11-9(10)12-7;1-6(8)7-3-2-4-9-5-7/h3-10,12-15H,11H2,1-2H3,(H,25,26,27);3-9H,1-2H3,(H,17,18,19);3-4H,1H2,2H3;2-6H,8H2,1H3/t14-,15+;9-;;6-/m10.0/s1. The molecule has 0 bridgehead atoms. The van der Waals surface area contributed by atoms with Crippen molar-refractivity contribution in [3.05, 3.63) is 184 Å². The van der Waals surface area contributed by atoms with Crippen LogP contribution in [0.4, 0.5) is 11.9 Å². The Hall–Kier alpha value is -7.35. The Balaban J connectivity index is 0.000000154. The summed E-state index contributed by atoms with van der Waals surface area (Å²) < 4.78 is 2.71. The molecule has 72 heavy (non-hydrogen) atoms. The van der Waals surface area contributed by atoms with Gasteiger partial charge in [-0.3, -0.25) is 29.5 Å². The highest BCUT2D eigenvalue weighted by molar-refractivity contribution is 7.18. The summed E-state index contributed by atoms with van der Waals surface area (Å²) in [4.78, 5) is 67.4. The zero-order valence-electron chi connectivity index (χ0n) is 40.4. The number of rotatable bonds is 13. The van der Waals surface area contributed by atoms with Gasteiger partial charge in [0.15, 0.2) is 11.6 Å². The van der Waals surface area contributed by atoms with E-state index in [2.05, 4.69) is 67.1 Å². The van der Waals surface area contributed by atoms with Crippen molar-refractivity contribution in [2.45, 2.75) is 72.0 Å². The molecule has 0 saturated carbocycles. The molecule has 0 aliphatic carbocycles. The first-order valence-corrected chi connectivity index (χ1v) is 25.8. The second kappa shape index (κ2) is 25.2. The van der Waals surface area contributed by atoms with Crippen LogP contribution in [0.3, 0.4) is 0 Å². The van der Waals surface area contributed by atoms with Crippen molar-refractivity contribution in [1.29, 1.82) is 0 Å². The van der Waals surface area contributed by atoms with Gasteiger partial charge < -0.3 is 16.4 Å². The normalized spacial score (nSPS) is 12.4. The Bertz CT molecular complexity index is 3380. The number of anilines is 2. The minimum atomic E-state index is -0.0538. The van der Waals surface area contributed by atoms with Crippen LogP contribution >= 0.6 is 45.6 Å². The molecule has 0 aliphatic heterocycles. The summed E-state index contributed by atoms with van der Waals surface area (Å²) in [6.07, 6.45) is 14.5. The summed E-state index contributed by atoms with van der Waals surface area (Å²) >= 11 is 10.3. The number of hydrogen-bond acceptors (Lipinski definition) is 18. The number of nitrogens with one attached hydrogen (secondary N) is 2. The number of fused-ring (bicyclic) bond motifs is 3. The molecule has 0 aromatic carbocycles. The minimum absolute atomic E-state index is 0.00767. The van der Waals surface area contributed by atoms with Gasteiger partial charge in [-0.15, -0.1) is 34.0 Å². The molecule has 0 saturated heterocycles. The summed E-state index contributed by atoms with van der Waals surface area (Å²) in [5.74, 6) is 0.925. The number of halogens is 1. The molecule has 4 N–H and O–H groups in total. The second-order valence-corrected chi connectivity index (χ2v) is 19.7. The number of aromatic nitrogens is 10. The van der Waals surface area contributed by atoms with Crippen LogP contribution in [-0.4, -0.2) is 61.4 Å². The summed E-state index contributed by atoms with van der Waals surface area (Å²) in [5, 5.41) is 12.6. The van der Waals surface area contributed by atoms with Crippen molar-refractivity contribution in [1.82, 2.24) is 49.8 Å². The van der Waals surface area contributed by atoms with E-state index >= 15 is 0 Å². The first kappa shape index (κ1) is 52.5. The van der Waals surface area contributed by atoms with E-state index in [-0.39, 0.29) is 40.9 Å². The van der Waals surface area contributed by atoms with Crippen LogP contribution in [0.25, 0.3) is 36.2 Å². The average Bonchev–Trinajstić information content (AvgIpc) is 4.19. The van der Waals surface area contributed by atoms with Crippen LogP contribution in [0.1, 0.15) is 121 Å². The van der Waals surface area contributed by atoms with Gasteiger partial charge in [0.05, 0.1) is 48.4 Å². The quantitative estimate of drug-likeness (QED) is 0.0724. The van der Waals surface area contributed by atoms with Crippen molar-refractivity contribution in [2.24, 2.45) is 5.73 Å². The Morgan fingerprint density at radius 3 is 1.40 bits per heavy atom. The molecule has 0 radical (unpaired) electrons. The Morgan fingerprint density at radius 1 is 0.569 bits per heavy atom. The fourth-order valence-electron chi connectivity index (χ4n) is 7.03. The predicted octanol–water partition coefficient (Wildman–Crippen LogP) is 13.0. The molecule has 19 heteroatoms. The molecule has 0 fully saturated rings. The van der Waals surface area contributed by atoms with Gasteiger partial charge in [-0.25, -0.2) is 29.9 Å². The molecule has 366 valence electrons. The van der Waals surface area contributed by atoms with Crippen LogP contribution in [-0.2, 0) is 0 Å². The lowest BCUT2D eigenvalue weighted by Gasteiger charge is -2.15. The van der Waals surface area contributed by atoms with Crippen molar-refractivity contribution >= 4 is 105 Å². The third kappa shape index (κ3) is 13.9. The Labute approximate surface area is 434 Å². The van der Waals surface area contributed by atoms with E-state index in [0.29, 0.717) is 29.7 Å². The maximum Gasteiger partial charge on any atom is 0.224 e. The molecular weight excluding hydrogens is 982 g/mol. The van der Waals surface area contributed by atoms with E-state index < -0.39 is 0 Å². The SMILES string of the molecule is C=C(C)c1nc(Cl)nc2ccsc12.CC(=O)c1nc(N[C@@H](C)c2cccnc2)nc2ccsc12.C[C@H](CC(=O)c1nc(N[C@@H](C)c2cccnc2)nc2ccsc12)c1cccnc1.C[C@H](N)c1cccnc1. The first-order chi connectivity index (χ1) is 34.7. The van der Waals surface area contributed by atoms with Crippen LogP contribution < -0.4 is 16.4 Å². The smallest absolute Gasteiger partial charge is 0.224 e. The zero-order valence-corrected chi connectivity index (χ0v) is 43.6. The van der Waals surface area contributed by atoms with E-state index in [9.17, 15) is 9.59 Å². The van der Waals surface area contributed by atoms with Gasteiger partial charge >= 0.3 is 0 Å². The van der Waals surface area contributed by atoms with Gasteiger partial charge in [-0.2, -0.15) is 0 Å². The molecule has 10 aromatic heterocycles. The number of nitrogens with zero attached hydrogens (tertiary/aromatic N) is 10. The first-order valence-electron chi connectivity index (χ1n) is 22.7. The average molecular weight is 1030 g/mol. The lowest BCUT2D eigenvalue weighted by atomic mass is 9.96. The lowest BCUT2D eigenvalue weighted by Crippen LogP contribution is -2.13. The van der Waals surface area contributed by atoms with E-state index in [1.165, 1.54) is 29.6 Å². The fourth-order valence-corrected chi connectivity index (χ4v) is 9.81. The van der Waals surface area contributed by atoms with Crippen molar-refractivity contribution in [3.8, 4) is 0 Å². The third-order valence-electron chi connectivity index (χ3n) is 10.9. The maximum atomic E-state index is 13.1. The summed E-state index contributed by atoms with van der Waals surface area (Å²) in [5.41, 5.74) is 14.9. The van der Waals surface area contributed by atoms with E-state index in [1.807, 2.05) is 124 Å². The molecule has 0 spiro atoms. The van der Waals surface area contributed by atoms with Gasteiger partial charge in [0, 0.05) is 69.0 Å². The van der Waals surface area contributed by atoms with Crippen molar-refractivity contribution in [2.75, 3.05) is 10.6 Å². The number of allylic oxidation sites excluding steroid dienone is 1. The molecule has 10 aromatic rings. The largest absolute Gasteiger partial charge is 0.348 e. The number of nitrogens with two attached hydrogens (primary N) is 1. The number of ketones is 2. The molecule has 4 atom stereocenters. The number of carbonyl (C=O) groups is 2. The molecule has 10 heterocycles. The van der Waals surface area contributed by atoms with Gasteiger partial charge in [0.2, 0.25) is 17.2 Å². The summed E-state index contributed by atoms with van der Waals surface area (Å²) in [7, 11) is 0. The second-order valence-electron chi connectivity index (χ2n) is 16.6. The Kier molecular flexibility index (Phi) is 18.3. The monoisotopic (exact) mass is 1030 g/mol. The predicted molar refractivity (Wildman–Crippen MR) is 293 cm³/mol. The molecule has 0 unspecified atom stereocenters. The lowest BCUT2D eigenvalue weighted by molar-refractivity contribution is 0.0971.